The SMILES string of the molecule is CCC[CH2][Sn](/[CH]=C/CCC(=O)O[C@@H]1[C@@H](OC(=O)CC/C=C/Cl)O[C@H](OC)[C@H](OCc2ccccc2)[C@H]1OCc1ccccc1)([CH2]CCC)[CH2]CCC. The summed E-state index contributed by atoms with van der Waals surface area (Å²) in [5.41, 5.74) is 3.22. The molecule has 1 fully saturated rings. The van der Waals surface area contributed by atoms with Crippen LogP contribution in [0.3, 0.4) is 0 Å². The predicted molar refractivity (Wildman–Crippen MR) is 209 cm³/mol. The predicted octanol–water partition coefficient (Wildman–Crippen LogP) is 10.2. The number of methoxy groups -OCH3 is 1. The van der Waals surface area contributed by atoms with E-state index in [2.05, 4.69) is 30.9 Å². The first kappa shape index (κ1) is 44.2. The minimum absolute atomic E-state index is 0.0669. The van der Waals surface area contributed by atoms with E-state index in [0.717, 1.165) is 11.1 Å². The maximum atomic E-state index is 13.7. The topological polar surface area (TPSA) is 89.5 Å². The van der Waals surface area contributed by atoms with Gasteiger partial charge in [0.05, 0.1) is 0 Å². The van der Waals surface area contributed by atoms with E-state index in [1.54, 1.807) is 6.08 Å². The van der Waals surface area contributed by atoms with Gasteiger partial charge in [-0.25, -0.2) is 0 Å². The number of rotatable bonds is 25. The second-order valence-electron chi connectivity index (χ2n) is 13.6. The van der Waals surface area contributed by atoms with Gasteiger partial charge in [0, 0.05) is 5.54 Å². The van der Waals surface area contributed by atoms with Gasteiger partial charge in [-0.3, -0.25) is 0 Å². The van der Waals surface area contributed by atoms with Crippen molar-refractivity contribution in [3.8, 4) is 0 Å². The molecular formula is C42H61ClO8Sn. The Balaban J connectivity index is 1.87. The summed E-state index contributed by atoms with van der Waals surface area (Å²) in [7, 11) is 1.49. The molecule has 0 bridgehead atoms. The molecule has 10 heteroatoms. The number of esters is 2. The Bertz CT molecular complexity index is 1300. The maximum absolute atomic E-state index is 13.7. The third kappa shape index (κ3) is 15.6. The van der Waals surface area contributed by atoms with E-state index in [1.165, 1.54) is 64.5 Å². The molecule has 1 aliphatic rings. The van der Waals surface area contributed by atoms with Crippen molar-refractivity contribution in [3.05, 3.63) is 93.6 Å². The molecule has 2 aromatic carbocycles. The van der Waals surface area contributed by atoms with Gasteiger partial charge in [-0.15, -0.1) is 0 Å². The zero-order chi connectivity index (χ0) is 37.4. The summed E-state index contributed by atoms with van der Waals surface area (Å²) < 4.78 is 43.6. The zero-order valence-electron chi connectivity index (χ0n) is 31.7. The molecule has 5 atom stereocenters. The van der Waals surface area contributed by atoms with Crippen LogP contribution in [0.4, 0.5) is 0 Å². The van der Waals surface area contributed by atoms with E-state index in [-0.39, 0.29) is 26.1 Å². The second kappa shape index (κ2) is 25.7. The number of carbonyl (C=O) groups excluding carboxylic acids is 2. The van der Waals surface area contributed by atoms with Gasteiger partial charge < -0.3 is 0 Å². The Hall–Kier alpha value is -2.21. The fourth-order valence-corrected chi connectivity index (χ4v) is 21.1. The molecule has 3 rings (SSSR count). The number of allylic oxidation sites excluding steroid dienone is 2. The van der Waals surface area contributed by atoms with Crippen LogP contribution >= 0.6 is 11.6 Å². The molecule has 0 radical (unpaired) electrons. The summed E-state index contributed by atoms with van der Waals surface area (Å²) in [5, 5.41) is 0. The van der Waals surface area contributed by atoms with Gasteiger partial charge in [-0.2, -0.15) is 0 Å². The van der Waals surface area contributed by atoms with Crippen LogP contribution in [0.2, 0.25) is 13.3 Å². The fraction of sp³-hybridized carbons (Fsp3) is 0.571. The first-order chi connectivity index (χ1) is 25.4. The Morgan fingerprint density at radius 1 is 0.692 bits per heavy atom. The van der Waals surface area contributed by atoms with Crippen molar-refractivity contribution in [2.75, 3.05) is 7.11 Å². The third-order valence-corrected chi connectivity index (χ3v) is 23.9. The minimum atomic E-state index is -2.50. The number of halogens is 1. The van der Waals surface area contributed by atoms with Crippen molar-refractivity contribution in [1.29, 1.82) is 0 Å². The van der Waals surface area contributed by atoms with E-state index in [9.17, 15) is 9.59 Å². The first-order valence-corrected chi connectivity index (χ1v) is 27.3. The van der Waals surface area contributed by atoms with Crippen molar-refractivity contribution in [3.63, 3.8) is 0 Å². The average molecular weight is 848 g/mol. The molecule has 0 unspecified atom stereocenters. The zero-order valence-corrected chi connectivity index (χ0v) is 35.3. The molecule has 2 aromatic rings. The number of hydrogen-bond donors (Lipinski definition) is 0. The van der Waals surface area contributed by atoms with Gasteiger partial charge in [0.25, 0.3) is 0 Å². The fourth-order valence-electron chi connectivity index (χ4n) is 6.50. The summed E-state index contributed by atoms with van der Waals surface area (Å²) >= 11 is 3.17. The molecule has 0 N–H and O–H groups in total. The van der Waals surface area contributed by atoms with E-state index in [0.29, 0.717) is 12.8 Å². The molecule has 0 aromatic heterocycles. The van der Waals surface area contributed by atoms with Gasteiger partial charge in [-0.1, -0.05) is 66.2 Å². The van der Waals surface area contributed by atoms with Crippen molar-refractivity contribution >= 4 is 41.9 Å². The number of unbranched alkanes of at least 4 members (excludes halogenated alkanes) is 3. The Labute approximate surface area is 321 Å². The monoisotopic (exact) mass is 848 g/mol. The van der Waals surface area contributed by atoms with Crippen LogP contribution in [0.15, 0.2) is 82.4 Å². The van der Waals surface area contributed by atoms with E-state index < -0.39 is 61.2 Å². The van der Waals surface area contributed by atoms with Crippen LogP contribution < -0.4 is 0 Å². The van der Waals surface area contributed by atoms with Crippen LogP contribution in [-0.2, 0) is 51.2 Å². The van der Waals surface area contributed by atoms with Gasteiger partial charge in [0.2, 0.25) is 0 Å². The molecule has 0 amide bonds. The summed E-state index contributed by atoms with van der Waals surface area (Å²) in [6.07, 6.45) is 7.52. The van der Waals surface area contributed by atoms with Crippen LogP contribution in [0, 0.1) is 0 Å². The quantitative estimate of drug-likeness (QED) is 0.0721. The van der Waals surface area contributed by atoms with Crippen molar-refractivity contribution in [2.24, 2.45) is 0 Å². The van der Waals surface area contributed by atoms with Crippen molar-refractivity contribution in [2.45, 2.75) is 142 Å². The molecule has 288 valence electrons. The molecule has 1 aliphatic heterocycles. The normalized spacial score (nSPS) is 20.8. The Kier molecular flexibility index (Phi) is 21.9. The molecule has 0 spiro atoms. The first-order valence-electron chi connectivity index (χ1n) is 19.2. The number of carbonyl (C=O) groups is 2. The standard InChI is InChI=1S/C30H34ClO8.3C4H9.Sn/c1-3-4-17-24(32)37-28-26(35-20-22-13-7-5-8-14-22)27(36-21-23-15-9-6-10-16-23)29(34-2)39-30(28)38-25(33)18-11-12-19-31;3*1-3-4-2;/h1,3,5-10,12-16,19,26-30H,4,11,17-18,20-21H2,2H3;3*1,3-4H2,2H3;/b3-1?,19-12+;;;;/t26-,27-,28+,29+,30+;;;;/m1..../s1. The summed E-state index contributed by atoms with van der Waals surface area (Å²) in [5.74, 6) is -0.953. The van der Waals surface area contributed by atoms with Crippen LogP contribution in [0.1, 0.15) is 96.1 Å². The van der Waals surface area contributed by atoms with Crippen LogP contribution in [-0.4, -0.2) is 68.3 Å². The van der Waals surface area contributed by atoms with E-state index in [4.69, 9.17) is 40.0 Å². The average Bonchev–Trinajstić information content (AvgIpc) is 3.17. The van der Waals surface area contributed by atoms with E-state index >= 15 is 0 Å². The molecule has 0 aliphatic carbocycles. The van der Waals surface area contributed by atoms with E-state index in [1.807, 2.05) is 60.7 Å². The molecule has 1 heterocycles. The molecular weight excluding hydrogens is 787 g/mol. The second-order valence-corrected chi connectivity index (χ2v) is 26.9. The summed E-state index contributed by atoms with van der Waals surface area (Å²) in [6, 6.07) is 19.4. The molecule has 0 saturated carbocycles. The molecule has 1 saturated heterocycles. The van der Waals surface area contributed by atoms with Gasteiger partial charge in [-0.05, 0) is 0 Å². The van der Waals surface area contributed by atoms with Gasteiger partial charge in [0.15, 0.2) is 0 Å². The van der Waals surface area contributed by atoms with Gasteiger partial charge >= 0.3 is 251 Å². The molecule has 8 nitrogen and oxygen atoms in total. The van der Waals surface area contributed by atoms with Crippen LogP contribution in [0.25, 0.3) is 0 Å². The van der Waals surface area contributed by atoms with Crippen molar-refractivity contribution < 1.29 is 38.0 Å². The van der Waals surface area contributed by atoms with Crippen molar-refractivity contribution in [1.82, 2.24) is 0 Å². The van der Waals surface area contributed by atoms with Gasteiger partial charge in [0.1, 0.15) is 0 Å². The number of benzene rings is 2. The number of hydrogen-bond acceptors (Lipinski definition) is 8. The summed E-state index contributed by atoms with van der Waals surface area (Å²) in [4.78, 5) is 26.6. The third-order valence-electron chi connectivity index (χ3n) is 9.45. The molecule has 52 heavy (non-hydrogen) atoms. The van der Waals surface area contributed by atoms with Crippen LogP contribution in [0.5, 0.6) is 0 Å². The summed E-state index contributed by atoms with van der Waals surface area (Å²) in [6.45, 7) is 7.26. The number of ether oxygens (including phenoxy) is 6. The Morgan fingerprint density at radius 2 is 1.19 bits per heavy atom. The Morgan fingerprint density at radius 3 is 1.69 bits per heavy atom.